The van der Waals surface area contributed by atoms with Crippen LogP contribution in [0.5, 0.6) is 0 Å². The number of anilines is 1. The molecule has 1 aliphatic rings. The van der Waals surface area contributed by atoms with Crippen molar-refractivity contribution in [3.05, 3.63) is 29.3 Å². The van der Waals surface area contributed by atoms with Crippen LogP contribution in [0.3, 0.4) is 0 Å². The van der Waals surface area contributed by atoms with Crippen molar-refractivity contribution in [1.82, 2.24) is 4.90 Å². The van der Waals surface area contributed by atoms with Gasteiger partial charge in [-0.15, -0.1) is 0 Å². The van der Waals surface area contributed by atoms with Crippen molar-refractivity contribution in [2.75, 3.05) is 37.6 Å². The van der Waals surface area contributed by atoms with Crippen LogP contribution in [-0.4, -0.2) is 43.5 Å². The number of rotatable bonds is 4. The average molecular weight is 289 g/mol. The van der Waals surface area contributed by atoms with E-state index in [-0.39, 0.29) is 11.8 Å². The minimum Gasteiger partial charge on any atom is -0.368 e. The molecule has 1 aliphatic heterocycles. The maximum Gasteiger partial charge on any atom is 0.225 e. The molecule has 1 aromatic rings. The molecule has 1 fully saturated rings. The molecule has 4 heteroatoms. The van der Waals surface area contributed by atoms with Crippen molar-refractivity contribution in [3.63, 3.8) is 0 Å². The number of piperazine rings is 1. The monoisotopic (exact) mass is 289 g/mol. The van der Waals surface area contributed by atoms with Crippen molar-refractivity contribution in [3.8, 4) is 0 Å². The molecule has 0 aliphatic carbocycles. The molecule has 1 heterocycles. The first-order chi connectivity index (χ1) is 10.0. The quantitative estimate of drug-likeness (QED) is 0.921. The maximum atomic E-state index is 12.3. The molecule has 0 aromatic heterocycles. The summed E-state index contributed by atoms with van der Waals surface area (Å²) in [7, 11) is 0. The van der Waals surface area contributed by atoms with Gasteiger partial charge in [0.2, 0.25) is 5.91 Å². The number of carbonyl (C=O) groups excluding carboxylic acids is 1. The number of hydrogen-bond donors (Lipinski definition) is 1. The van der Waals surface area contributed by atoms with Crippen molar-refractivity contribution >= 4 is 11.6 Å². The molecule has 1 amide bonds. The molecule has 0 saturated carbocycles. The van der Waals surface area contributed by atoms with Gasteiger partial charge in [0.25, 0.3) is 0 Å². The van der Waals surface area contributed by atoms with Gasteiger partial charge in [0, 0.05) is 37.8 Å². The van der Waals surface area contributed by atoms with E-state index >= 15 is 0 Å². The van der Waals surface area contributed by atoms with Crippen LogP contribution in [0.25, 0.3) is 0 Å². The number of carbonyl (C=O) groups is 1. The lowest BCUT2D eigenvalue weighted by Crippen LogP contribution is -2.50. The highest BCUT2D eigenvalue weighted by Gasteiger charge is 2.25. The van der Waals surface area contributed by atoms with E-state index in [0.29, 0.717) is 6.54 Å². The van der Waals surface area contributed by atoms with Gasteiger partial charge in [-0.25, -0.2) is 0 Å². The second-order valence-electron chi connectivity index (χ2n) is 6.01. The van der Waals surface area contributed by atoms with Crippen LogP contribution in [0.2, 0.25) is 0 Å². The van der Waals surface area contributed by atoms with Crippen molar-refractivity contribution < 1.29 is 4.79 Å². The Morgan fingerprint density at radius 1 is 1.24 bits per heavy atom. The van der Waals surface area contributed by atoms with Crippen LogP contribution >= 0.6 is 0 Å². The van der Waals surface area contributed by atoms with E-state index in [9.17, 15) is 4.79 Å². The second-order valence-corrected chi connectivity index (χ2v) is 6.01. The predicted octanol–water partition coefficient (Wildman–Crippen LogP) is 1.94. The Hall–Kier alpha value is -1.55. The second kappa shape index (κ2) is 6.94. The fourth-order valence-corrected chi connectivity index (χ4v) is 2.93. The molecule has 0 bridgehead atoms. The molecule has 2 rings (SSSR count). The van der Waals surface area contributed by atoms with Crippen LogP contribution in [0.15, 0.2) is 18.2 Å². The van der Waals surface area contributed by atoms with Gasteiger partial charge in [-0.3, -0.25) is 4.79 Å². The summed E-state index contributed by atoms with van der Waals surface area (Å²) in [5.74, 6) is 0.295. The van der Waals surface area contributed by atoms with E-state index in [4.69, 9.17) is 5.73 Å². The Morgan fingerprint density at radius 3 is 2.52 bits per heavy atom. The zero-order valence-corrected chi connectivity index (χ0v) is 13.4. The Bertz CT molecular complexity index is 493. The average Bonchev–Trinajstić information content (AvgIpc) is 2.50. The SMILES string of the molecule is Cc1cccc(N2CCN(C(=O)C(C)CCN)CC2)c1C. The smallest absolute Gasteiger partial charge is 0.225 e. The Kier molecular flexibility index (Phi) is 5.23. The van der Waals surface area contributed by atoms with Gasteiger partial charge in [0.05, 0.1) is 0 Å². The molecule has 2 N–H and O–H groups in total. The van der Waals surface area contributed by atoms with Crippen LogP contribution in [0.4, 0.5) is 5.69 Å². The normalized spacial score (nSPS) is 17.0. The van der Waals surface area contributed by atoms with E-state index in [2.05, 4.69) is 36.9 Å². The molecular formula is C17H27N3O. The van der Waals surface area contributed by atoms with E-state index < -0.39 is 0 Å². The molecule has 1 saturated heterocycles. The molecule has 1 atom stereocenters. The first-order valence-electron chi connectivity index (χ1n) is 7.84. The summed E-state index contributed by atoms with van der Waals surface area (Å²) in [6.45, 7) is 10.3. The van der Waals surface area contributed by atoms with Crippen LogP contribution in [-0.2, 0) is 4.79 Å². The lowest BCUT2D eigenvalue weighted by molar-refractivity contribution is -0.135. The van der Waals surface area contributed by atoms with Gasteiger partial charge < -0.3 is 15.5 Å². The van der Waals surface area contributed by atoms with Gasteiger partial charge in [0.1, 0.15) is 0 Å². The highest BCUT2D eigenvalue weighted by molar-refractivity contribution is 5.78. The van der Waals surface area contributed by atoms with E-state index in [1.54, 1.807) is 0 Å². The summed E-state index contributed by atoms with van der Waals surface area (Å²) in [4.78, 5) is 16.7. The maximum absolute atomic E-state index is 12.3. The number of nitrogens with zero attached hydrogens (tertiary/aromatic N) is 2. The first kappa shape index (κ1) is 15.8. The number of aryl methyl sites for hydroxylation is 1. The first-order valence-corrected chi connectivity index (χ1v) is 7.84. The standard InChI is InChI=1S/C17H27N3O/c1-13-5-4-6-16(15(13)3)19-9-11-20(12-10-19)17(21)14(2)7-8-18/h4-6,14H,7-12,18H2,1-3H3. The topological polar surface area (TPSA) is 49.6 Å². The van der Waals surface area contributed by atoms with E-state index in [1.807, 2.05) is 11.8 Å². The van der Waals surface area contributed by atoms with Crippen LogP contribution < -0.4 is 10.6 Å². The summed E-state index contributed by atoms with van der Waals surface area (Å²) in [5, 5.41) is 0. The van der Waals surface area contributed by atoms with Crippen LogP contribution in [0, 0.1) is 19.8 Å². The van der Waals surface area contributed by atoms with Gasteiger partial charge >= 0.3 is 0 Å². The molecule has 116 valence electrons. The van der Waals surface area contributed by atoms with E-state index in [1.165, 1.54) is 16.8 Å². The fourth-order valence-electron chi connectivity index (χ4n) is 2.93. The fraction of sp³-hybridized carbons (Fsp3) is 0.588. The van der Waals surface area contributed by atoms with E-state index in [0.717, 1.165) is 32.6 Å². The van der Waals surface area contributed by atoms with Crippen molar-refractivity contribution in [2.24, 2.45) is 11.7 Å². The third kappa shape index (κ3) is 3.56. The summed E-state index contributed by atoms with van der Waals surface area (Å²) in [6, 6.07) is 6.43. The van der Waals surface area contributed by atoms with Gasteiger partial charge in [-0.2, -0.15) is 0 Å². The summed E-state index contributed by atoms with van der Waals surface area (Å²) in [5.41, 5.74) is 9.51. The minimum atomic E-state index is 0.0438. The van der Waals surface area contributed by atoms with Crippen molar-refractivity contribution in [1.29, 1.82) is 0 Å². The molecule has 4 nitrogen and oxygen atoms in total. The lowest BCUT2D eigenvalue weighted by Gasteiger charge is -2.38. The number of nitrogens with two attached hydrogens (primary N) is 1. The molecule has 0 spiro atoms. The van der Waals surface area contributed by atoms with Crippen LogP contribution in [0.1, 0.15) is 24.5 Å². The Morgan fingerprint density at radius 2 is 1.90 bits per heavy atom. The van der Waals surface area contributed by atoms with Gasteiger partial charge in [0.15, 0.2) is 0 Å². The summed E-state index contributed by atoms with van der Waals surface area (Å²) >= 11 is 0. The zero-order chi connectivity index (χ0) is 15.4. The minimum absolute atomic E-state index is 0.0438. The summed E-state index contributed by atoms with van der Waals surface area (Å²) in [6.07, 6.45) is 0.774. The number of hydrogen-bond acceptors (Lipinski definition) is 3. The Labute approximate surface area is 127 Å². The Balaban J connectivity index is 1.97. The summed E-state index contributed by atoms with van der Waals surface area (Å²) < 4.78 is 0. The number of benzene rings is 1. The molecular weight excluding hydrogens is 262 g/mol. The molecule has 21 heavy (non-hydrogen) atoms. The predicted molar refractivity (Wildman–Crippen MR) is 87.5 cm³/mol. The third-order valence-corrected chi connectivity index (χ3v) is 4.53. The van der Waals surface area contributed by atoms with Crippen molar-refractivity contribution in [2.45, 2.75) is 27.2 Å². The highest BCUT2D eigenvalue weighted by atomic mass is 16.2. The highest BCUT2D eigenvalue weighted by Crippen LogP contribution is 2.24. The lowest BCUT2D eigenvalue weighted by atomic mass is 10.0. The largest absolute Gasteiger partial charge is 0.368 e. The third-order valence-electron chi connectivity index (χ3n) is 4.53. The number of amides is 1. The zero-order valence-electron chi connectivity index (χ0n) is 13.4. The molecule has 1 aromatic carbocycles. The van der Waals surface area contributed by atoms with Gasteiger partial charge in [-0.05, 0) is 44.0 Å². The molecule has 0 radical (unpaired) electrons. The molecule has 1 unspecified atom stereocenters. The van der Waals surface area contributed by atoms with Gasteiger partial charge in [-0.1, -0.05) is 19.1 Å².